The molecule has 7 N–H and O–H groups in total. The van der Waals surface area contributed by atoms with E-state index in [1.165, 1.54) is 26.4 Å². The highest BCUT2D eigenvalue weighted by Crippen LogP contribution is 2.32. The normalized spacial score (nSPS) is 25.4. The Morgan fingerprint density at radius 3 is 1.81 bits per heavy atom. The van der Waals surface area contributed by atoms with Gasteiger partial charge in [0.1, 0.15) is 24.4 Å². The molecule has 1 fully saturated rings. The third-order valence-electron chi connectivity index (χ3n) is 6.71. The van der Waals surface area contributed by atoms with Crippen molar-refractivity contribution < 1.29 is 54.7 Å². The van der Waals surface area contributed by atoms with Crippen LogP contribution in [-0.4, -0.2) is 100 Å². The van der Waals surface area contributed by atoms with E-state index in [1.54, 1.807) is 24.3 Å². The van der Waals surface area contributed by atoms with Crippen molar-refractivity contribution in [1.29, 1.82) is 0 Å². The van der Waals surface area contributed by atoms with E-state index in [9.17, 15) is 35.7 Å². The SMILES string of the molecule is COc1cc(C[C@@H](CO[C@@H]2O[C@H](CO)[C@@H](O)[C@H](O)[C@H]2O)[C@@H](CO)Cc2ccc(O)c(OC)c2)ccc1O. The molecule has 7 atom stereocenters. The molecule has 1 aliphatic heterocycles. The van der Waals surface area contributed by atoms with Crippen LogP contribution in [0.25, 0.3) is 0 Å². The van der Waals surface area contributed by atoms with Gasteiger partial charge in [-0.25, -0.2) is 0 Å². The fraction of sp³-hybridized carbons (Fsp3) is 0.538. The second-order valence-electron chi connectivity index (χ2n) is 9.15. The van der Waals surface area contributed by atoms with Crippen LogP contribution in [-0.2, 0) is 22.3 Å². The highest BCUT2D eigenvalue weighted by Gasteiger charge is 2.44. The van der Waals surface area contributed by atoms with Crippen molar-refractivity contribution in [3.8, 4) is 23.0 Å². The number of methoxy groups -OCH3 is 2. The van der Waals surface area contributed by atoms with E-state index in [-0.39, 0.29) is 42.3 Å². The summed E-state index contributed by atoms with van der Waals surface area (Å²) in [6.45, 7) is -0.822. The van der Waals surface area contributed by atoms with E-state index in [0.29, 0.717) is 18.6 Å². The van der Waals surface area contributed by atoms with Gasteiger partial charge in [0, 0.05) is 6.61 Å². The maximum atomic E-state index is 10.4. The van der Waals surface area contributed by atoms with Gasteiger partial charge in [0.15, 0.2) is 29.3 Å². The molecule has 0 aliphatic carbocycles. The molecule has 1 saturated heterocycles. The Kier molecular flexibility index (Phi) is 10.4. The number of phenols is 2. The lowest BCUT2D eigenvalue weighted by Crippen LogP contribution is -2.59. The smallest absolute Gasteiger partial charge is 0.186 e. The second kappa shape index (κ2) is 13.2. The van der Waals surface area contributed by atoms with Gasteiger partial charge in [-0.1, -0.05) is 12.1 Å². The number of aliphatic hydroxyl groups excluding tert-OH is 5. The zero-order valence-corrected chi connectivity index (χ0v) is 20.8. The number of aromatic hydroxyl groups is 2. The Balaban J connectivity index is 1.83. The summed E-state index contributed by atoms with van der Waals surface area (Å²) in [5.74, 6) is -0.160. The molecule has 0 unspecified atom stereocenters. The van der Waals surface area contributed by atoms with Crippen molar-refractivity contribution in [3.05, 3.63) is 47.5 Å². The summed E-state index contributed by atoms with van der Waals surface area (Å²) in [4.78, 5) is 0. The predicted molar refractivity (Wildman–Crippen MR) is 131 cm³/mol. The highest BCUT2D eigenvalue weighted by atomic mass is 16.7. The summed E-state index contributed by atoms with van der Waals surface area (Å²) in [5, 5.41) is 70.1. The van der Waals surface area contributed by atoms with E-state index < -0.39 is 37.3 Å². The zero-order chi connectivity index (χ0) is 27.1. The molecule has 3 rings (SSSR count). The molecule has 0 bridgehead atoms. The zero-order valence-electron chi connectivity index (χ0n) is 20.8. The Labute approximate surface area is 215 Å². The average molecular weight is 525 g/mol. The average Bonchev–Trinajstić information content (AvgIpc) is 2.91. The van der Waals surface area contributed by atoms with Crippen LogP contribution in [0.4, 0.5) is 0 Å². The van der Waals surface area contributed by atoms with E-state index in [1.807, 2.05) is 0 Å². The van der Waals surface area contributed by atoms with Crippen LogP contribution < -0.4 is 9.47 Å². The van der Waals surface area contributed by atoms with Gasteiger partial charge in [0.2, 0.25) is 0 Å². The molecular weight excluding hydrogens is 488 g/mol. The molecular formula is C26H36O11. The van der Waals surface area contributed by atoms with Crippen molar-refractivity contribution in [2.45, 2.75) is 43.5 Å². The van der Waals surface area contributed by atoms with Gasteiger partial charge in [-0.05, 0) is 60.1 Å². The minimum atomic E-state index is -1.58. The van der Waals surface area contributed by atoms with Gasteiger partial charge < -0.3 is 54.7 Å². The molecule has 11 nitrogen and oxygen atoms in total. The summed E-state index contributed by atoms with van der Waals surface area (Å²) in [6.07, 6.45) is -6.29. The number of aliphatic hydroxyl groups is 5. The van der Waals surface area contributed by atoms with Crippen LogP contribution in [0.3, 0.4) is 0 Å². The number of phenolic OH excluding ortho intramolecular Hbond substituents is 2. The first-order chi connectivity index (χ1) is 17.7. The third kappa shape index (κ3) is 7.02. The number of ether oxygens (including phenoxy) is 4. The lowest BCUT2D eigenvalue weighted by Gasteiger charge is -2.40. The van der Waals surface area contributed by atoms with Crippen LogP contribution >= 0.6 is 0 Å². The van der Waals surface area contributed by atoms with Gasteiger partial charge in [-0.15, -0.1) is 0 Å². The number of rotatable bonds is 12. The lowest BCUT2D eigenvalue weighted by atomic mass is 9.83. The first-order valence-electron chi connectivity index (χ1n) is 12.0. The van der Waals surface area contributed by atoms with Crippen LogP contribution in [0.5, 0.6) is 23.0 Å². The standard InChI is InChI=1S/C26H36O11/c1-34-20-9-14(3-5-18(20)29)7-16(11-27)17(8-15-4-6-19(30)21(10-15)35-2)13-36-26-25(33)24(32)23(31)22(12-28)37-26/h3-6,9-10,16-17,22-33H,7-8,11-13H2,1-2H3/t16-,17+,22-,23-,24+,25-,26-/m1/s1. The van der Waals surface area contributed by atoms with Crippen molar-refractivity contribution in [3.63, 3.8) is 0 Å². The van der Waals surface area contributed by atoms with Crippen LogP contribution in [0.1, 0.15) is 11.1 Å². The Hall–Kier alpha value is -2.64. The topological polar surface area (TPSA) is 179 Å². The van der Waals surface area contributed by atoms with E-state index >= 15 is 0 Å². The number of benzene rings is 2. The molecule has 2 aromatic carbocycles. The van der Waals surface area contributed by atoms with E-state index in [2.05, 4.69) is 0 Å². The summed E-state index contributed by atoms with van der Waals surface area (Å²) in [5.41, 5.74) is 1.59. The summed E-state index contributed by atoms with van der Waals surface area (Å²) in [7, 11) is 2.88. The van der Waals surface area contributed by atoms with E-state index in [0.717, 1.165) is 11.1 Å². The van der Waals surface area contributed by atoms with Gasteiger partial charge in [0.05, 0.1) is 27.4 Å². The van der Waals surface area contributed by atoms with Crippen LogP contribution in [0.15, 0.2) is 36.4 Å². The fourth-order valence-corrected chi connectivity index (χ4v) is 4.47. The monoisotopic (exact) mass is 524 g/mol. The number of hydrogen-bond donors (Lipinski definition) is 7. The maximum Gasteiger partial charge on any atom is 0.186 e. The summed E-state index contributed by atoms with van der Waals surface area (Å²) >= 11 is 0. The van der Waals surface area contributed by atoms with Gasteiger partial charge >= 0.3 is 0 Å². The Bertz CT molecular complexity index is 998. The van der Waals surface area contributed by atoms with Crippen LogP contribution in [0.2, 0.25) is 0 Å². The largest absolute Gasteiger partial charge is 0.504 e. The third-order valence-corrected chi connectivity index (χ3v) is 6.71. The van der Waals surface area contributed by atoms with Crippen molar-refractivity contribution in [1.82, 2.24) is 0 Å². The molecule has 11 heteroatoms. The molecule has 0 radical (unpaired) electrons. The molecule has 0 aromatic heterocycles. The van der Waals surface area contributed by atoms with Gasteiger partial charge in [-0.2, -0.15) is 0 Å². The second-order valence-corrected chi connectivity index (χ2v) is 9.15. The molecule has 0 spiro atoms. The summed E-state index contributed by atoms with van der Waals surface area (Å²) < 4.78 is 21.7. The van der Waals surface area contributed by atoms with Crippen molar-refractivity contribution in [2.24, 2.45) is 11.8 Å². The first kappa shape index (κ1) is 28.9. The maximum absolute atomic E-state index is 10.4. The predicted octanol–water partition coefficient (Wildman–Crippen LogP) is -0.0586. The Morgan fingerprint density at radius 1 is 0.784 bits per heavy atom. The number of hydrogen-bond acceptors (Lipinski definition) is 11. The molecule has 2 aromatic rings. The minimum absolute atomic E-state index is 0.00881. The van der Waals surface area contributed by atoms with Gasteiger partial charge in [-0.3, -0.25) is 0 Å². The van der Waals surface area contributed by atoms with Crippen molar-refractivity contribution in [2.75, 3.05) is 34.0 Å². The molecule has 206 valence electrons. The lowest BCUT2D eigenvalue weighted by molar-refractivity contribution is -0.304. The molecule has 37 heavy (non-hydrogen) atoms. The van der Waals surface area contributed by atoms with E-state index in [4.69, 9.17) is 18.9 Å². The highest BCUT2D eigenvalue weighted by molar-refractivity contribution is 5.43. The molecule has 1 heterocycles. The minimum Gasteiger partial charge on any atom is -0.504 e. The molecule has 0 saturated carbocycles. The van der Waals surface area contributed by atoms with Crippen molar-refractivity contribution >= 4 is 0 Å². The summed E-state index contributed by atoms with van der Waals surface area (Å²) in [6, 6.07) is 9.80. The molecule has 1 aliphatic rings. The van der Waals surface area contributed by atoms with Gasteiger partial charge in [0.25, 0.3) is 0 Å². The Morgan fingerprint density at radius 2 is 1.32 bits per heavy atom. The quantitative estimate of drug-likeness (QED) is 0.198. The van der Waals surface area contributed by atoms with Crippen LogP contribution in [0, 0.1) is 11.8 Å². The first-order valence-corrected chi connectivity index (χ1v) is 12.0. The molecule has 0 amide bonds. The fourth-order valence-electron chi connectivity index (χ4n) is 4.47.